The molecule has 0 aliphatic rings. The second kappa shape index (κ2) is 8.13. The molecule has 0 bridgehead atoms. The van der Waals surface area contributed by atoms with E-state index in [4.69, 9.17) is 9.47 Å². The van der Waals surface area contributed by atoms with Crippen LogP contribution in [-0.4, -0.2) is 24.1 Å². The number of ether oxygens (including phenoxy) is 2. The third kappa shape index (κ3) is 6.43. The Morgan fingerprint density at radius 1 is 0.875 bits per heavy atom. The highest BCUT2D eigenvalue weighted by Gasteiger charge is 2.25. The highest BCUT2D eigenvalue weighted by Crippen LogP contribution is 2.16. The highest BCUT2D eigenvalue weighted by atomic mass is 16.6. The molecule has 0 fully saturated rings. The lowest BCUT2D eigenvalue weighted by atomic mass is 10.0. The van der Waals surface area contributed by atoms with Gasteiger partial charge in [0.2, 0.25) is 0 Å². The number of esters is 2. The van der Waals surface area contributed by atoms with E-state index in [0.717, 1.165) is 25.7 Å². The van der Waals surface area contributed by atoms with Crippen molar-refractivity contribution in [2.75, 3.05) is 0 Å². The zero-order chi connectivity index (χ0) is 12.6. The first-order valence-corrected chi connectivity index (χ1v) is 5.85. The SMILES string of the molecule is CCC[C@@H](OC(C)=O)[C@@H](CCC)OC(C)=O. The van der Waals surface area contributed by atoms with Crippen LogP contribution in [-0.2, 0) is 19.1 Å². The second-order valence-corrected chi connectivity index (χ2v) is 3.87. The van der Waals surface area contributed by atoms with Crippen molar-refractivity contribution in [2.24, 2.45) is 0 Å². The van der Waals surface area contributed by atoms with Crippen LogP contribution in [0, 0.1) is 0 Å². The Hall–Kier alpha value is -1.06. The standard InChI is InChI=1S/C12H22O4/c1-5-7-11(15-9(3)13)12(8-6-2)16-10(4)14/h11-12H,5-8H2,1-4H3/t11-,12-/m1/s1. The van der Waals surface area contributed by atoms with Gasteiger partial charge in [0.1, 0.15) is 12.2 Å². The smallest absolute Gasteiger partial charge is 0.303 e. The predicted octanol–water partition coefficient (Wildman–Crippen LogP) is 2.45. The van der Waals surface area contributed by atoms with Crippen LogP contribution in [0.2, 0.25) is 0 Å². The molecule has 0 rings (SSSR count). The molecular formula is C12H22O4. The van der Waals surface area contributed by atoms with E-state index in [9.17, 15) is 9.59 Å². The minimum absolute atomic E-state index is 0.314. The molecule has 0 aromatic rings. The first kappa shape index (κ1) is 14.9. The Bertz CT molecular complexity index is 201. The fourth-order valence-electron chi connectivity index (χ4n) is 1.64. The predicted molar refractivity (Wildman–Crippen MR) is 60.9 cm³/mol. The third-order valence-corrected chi connectivity index (χ3v) is 2.20. The lowest BCUT2D eigenvalue weighted by Crippen LogP contribution is -2.34. The van der Waals surface area contributed by atoms with E-state index in [1.807, 2.05) is 13.8 Å². The van der Waals surface area contributed by atoms with E-state index < -0.39 is 0 Å². The van der Waals surface area contributed by atoms with E-state index in [-0.39, 0.29) is 24.1 Å². The molecule has 0 N–H and O–H groups in total. The zero-order valence-corrected chi connectivity index (χ0v) is 10.6. The molecule has 0 unspecified atom stereocenters. The molecule has 0 aliphatic carbocycles. The van der Waals surface area contributed by atoms with Crippen molar-refractivity contribution < 1.29 is 19.1 Å². The molecule has 0 aromatic heterocycles. The minimum Gasteiger partial charge on any atom is -0.459 e. The largest absolute Gasteiger partial charge is 0.459 e. The second-order valence-electron chi connectivity index (χ2n) is 3.87. The van der Waals surface area contributed by atoms with E-state index in [1.165, 1.54) is 13.8 Å². The maximum Gasteiger partial charge on any atom is 0.303 e. The van der Waals surface area contributed by atoms with Gasteiger partial charge in [-0.2, -0.15) is 0 Å². The Morgan fingerprint density at radius 2 is 1.19 bits per heavy atom. The molecule has 0 spiro atoms. The van der Waals surface area contributed by atoms with Crippen molar-refractivity contribution in [3.63, 3.8) is 0 Å². The Balaban J connectivity index is 4.49. The van der Waals surface area contributed by atoms with Crippen molar-refractivity contribution in [1.82, 2.24) is 0 Å². The molecule has 0 aromatic carbocycles. The zero-order valence-electron chi connectivity index (χ0n) is 10.6. The number of rotatable bonds is 7. The van der Waals surface area contributed by atoms with E-state index in [1.54, 1.807) is 0 Å². The molecular weight excluding hydrogens is 208 g/mol. The van der Waals surface area contributed by atoms with Crippen molar-refractivity contribution in [1.29, 1.82) is 0 Å². The summed E-state index contributed by atoms with van der Waals surface area (Å²) in [6.45, 7) is 6.76. The van der Waals surface area contributed by atoms with Crippen LogP contribution in [0.15, 0.2) is 0 Å². The Kier molecular flexibility index (Phi) is 7.60. The topological polar surface area (TPSA) is 52.6 Å². The van der Waals surface area contributed by atoms with E-state index >= 15 is 0 Å². The number of hydrogen-bond acceptors (Lipinski definition) is 4. The minimum atomic E-state index is -0.327. The fraction of sp³-hybridized carbons (Fsp3) is 0.833. The molecule has 4 heteroatoms. The van der Waals surface area contributed by atoms with Crippen LogP contribution in [0.1, 0.15) is 53.4 Å². The molecule has 0 radical (unpaired) electrons. The molecule has 4 nitrogen and oxygen atoms in total. The molecule has 0 saturated heterocycles. The Labute approximate surface area is 97.3 Å². The van der Waals surface area contributed by atoms with Gasteiger partial charge in [-0.15, -0.1) is 0 Å². The van der Waals surface area contributed by atoms with Crippen molar-refractivity contribution in [2.45, 2.75) is 65.6 Å². The van der Waals surface area contributed by atoms with Gasteiger partial charge in [-0.25, -0.2) is 0 Å². The number of hydrogen-bond donors (Lipinski definition) is 0. The van der Waals surface area contributed by atoms with Crippen LogP contribution in [0.3, 0.4) is 0 Å². The van der Waals surface area contributed by atoms with Crippen molar-refractivity contribution in [3.05, 3.63) is 0 Å². The molecule has 94 valence electrons. The van der Waals surface area contributed by atoms with E-state index in [2.05, 4.69) is 0 Å². The van der Waals surface area contributed by atoms with Gasteiger partial charge in [-0.05, 0) is 12.8 Å². The summed E-state index contributed by atoms with van der Waals surface area (Å²) >= 11 is 0. The van der Waals surface area contributed by atoms with Gasteiger partial charge in [0.15, 0.2) is 0 Å². The van der Waals surface area contributed by atoms with Gasteiger partial charge in [-0.1, -0.05) is 26.7 Å². The first-order valence-electron chi connectivity index (χ1n) is 5.85. The van der Waals surface area contributed by atoms with E-state index in [0.29, 0.717) is 0 Å². The average molecular weight is 230 g/mol. The monoisotopic (exact) mass is 230 g/mol. The van der Waals surface area contributed by atoms with Crippen LogP contribution >= 0.6 is 0 Å². The summed E-state index contributed by atoms with van der Waals surface area (Å²) in [5.74, 6) is -0.654. The summed E-state index contributed by atoms with van der Waals surface area (Å²) in [4.78, 5) is 21.9. The number of carbonyl (C=O) groups excluding carboxylic acids is 2. The van der Waals surface area contributed by atoms with Crippen LogP contribution in [0.5, 0.6) is 0 Å². The van der Waals surface area contributed by atoms with Gasteiger partial charge >= 0.3 is 11.9 Å². The lowest BCUT2D eigenvalue weighted by molar-refractivity contribution is -0.166. The van der Waals surface area contributed by atoms with Gasteiger partial charge in [0, 0.05) is 13.8 Å². The summed E-state index contributed by atoms with van der Waals surface area (Å²) in [6.07, 6.45) is 2.59. The molecule has 2 atom stereocenters. The summed E-state index contributed by atoms with van der Waals surface area (Å²) in [7, 11) is 0. The quantitative estimate of drug-likeness (QED) is 0.630. The molecule has 0 amide bonds. The average Bonchev–Trinajstić information content (AvgIpc) is 2.15. The lowest BCUT2D eigenvalue weighted by Gasteiger charge is -2.25. The van der Waals surface area contributed by atoms with Crippen LogP contribution < -0.4 is 0 Å². The maximum atomic E-state index is 11.0. The van der Waals surface area contributed by atoms with Gasteiger partial charge in [0.05, 0.1) is 0 Å². The summed E-state index contributed by atoms with van der Waals surface area (Å²) in [5, 5.41) is 0. The molecule has 0 aliphatic heterocycles. The van der Waals surface area contributed by atoms with Crippen molar-refractivity contribution in [3.8, 4) is 0 Å². The summed E-state index contributed by atoms with van der Waals surface area (Å²) < 4.78 is 10.4. The molecule has 0 saturated carbocycles. The van der Waals surface area contributed by atoms with Crippen LogP contribution in [0.4, 0.5) is 0 Å². The summed E-state index contributed by atoms with van der Waals surface area (Å²) in [6, 6.07) is 0. The van der Waals surface area contributed by atoms with Crippen LogP contribution in [0.25, 0.3) is 0 Å². The highest BCUT2D eigenvalue weighted by molar-refractivity contribution is 5.67. The fourth-order valence-corrected chi connectivity index (χ4v) is 1.64. The Morgan fingerprint density at radius 3 is 1.38 bits per heavy atom. The van der Waals surface area contributed by atoms with Crippen molar-refractivity contribution >= 4 is 11.9 Å². The van der Waals surface area contributed by atoms with Gasteiger partial charge < -0.3 is 9.47 Å². The normalized spacial score (nSPS) is 14.0. The summed E-state index contributed by atoms with van der Waals surface area (Å²) in [5.41, 5.74) is 0. The van der Waals surface area contributed by atoms with Gasteiger partial charge in [-0.3, -0.25) is 9.59 Å². The molecule has 0 heterocycles. The van der Waals surface area contributed by atoms with Gasteiger partial charge in [0.25, 0.3) is 0 Å². The number of carbonyl (C=O) groups is 2. The molecule has 16 heavy (non-hydrogen) atoms. The maximum absolute atomic E-state index is 11.0. The third-order valence-electron chi connectivity index (χ3n) is 2.20. The first-order chi connectivity index (χ1) is 7.51.